The summed E-state index contributed by atoms with van der Waals surface area (Å²) >= 11 is 0. The van der Waals surface area contributed by atoms with Crippen LogP contribution in [0.1, 0.15) is 32.6 Å². The first-order chi connectivity index (χ1) is 8.23. The lowest BCUT2D eigenvalue weighted by Crippen LogP contribution is -2.61. The van der Waals surface area contributed by atoms with E-state index in [1.54, 1.807) is 0 Å². The van der Waals surface area contributed by atoms with Crippen LogP contribution in [0.3, 0.4) is 0 Å². The molecule has 2 aliphatic heterocycles. The average molecular weight is 258 g/mol. The molecule has 0 N–H and O–H groups in total. The molecule has 2 rings (SSSR count). The molecule has 4 nitrogen and oxygen atoms in total. The summed E-state index contributed by atoms with van der Waals surface area (Å²) in [6.45, 7) is 5.91. The Kier molecular flexibility index (Phi) is 4.60. The Morgan fingerprint density at radius 2 is 1.59 bits per heavy atom. The first-order valence-corrected chi connectivity index (χ1v) is 8.82. The van der Waals surface area contributed by atoms with Gasteiger partial charge in [0.05, 0.1) is 6.17 Å². The lowest BCUT2D eigenvalue weighted by atomic mass is 10.1. The van der Waals surface area contributed by atoms with E-state index in [1.807, 2.05) is 14.2 Å². The van der Waals surface area contributed by atoms with E-state index in [0.717, 1.165) is 12.6 Å². The summed E-state index contributed by atoms with van der Waals surface area (Å²) in [5.41, 5.74) is 0. The van der Waals surface area contributed by atoms with Crippen molar-refractivity contribution in [2.45, 2.75) is 44.8 Å². The van der Waals surface area contributed by atoms with E-state index >= 15 is 0 Å². The Balaban J connectivity index is 2.04. The van der Waals surface area contributed by atoms with Gasteiger partial charge < -0.3 is 8.85 Å². The van der Waals surface area contributed by atoms with Crippen molar-refractivity contribution in [2.24, 2.45) is 0 Å². The molecule has 1 atom stereocenters. The van der Waals surface area contributed by atoms with E-state index in [9.17, 15) is 0 Å². The minimum atomic E-state index is -2.07. The van der Waals surface area contributed by atoms with E-state index in [1.165, 1.54) is 38.8 Å². The molecule has 0 saturated carbocycles. The number of hydrogen-bond acceptors (Lipinski definition) is 4. The second kappa shape index (κ2) is 5.80. The molecule has 0 aromatic rings. The van der Waals surface area contributed by atoms with Gasteiger partial charge in [-0.2, -0.15) is 0 Å². The first kappa shape index (κ1) is 13.5. The Hall–Kier alpha value is 0.0569. The molecule has 5 heteroatoms. The van der Waals surface area contributed by atoms with Crippen LogP contribution in [0.4, 0.5) is 0 Å². The van der Waals surface area contributed by atoms with Gasteiger partial charge in [0, 0.05) is 20.3 Å². The molecule has 2 fully saturated rings. The molecule has 0 aromatic heterocycles. The van der Waals surface area contributed by atoms with Gasteiger partial charge in [0.2, 0.25) is 0 Å². The summed E-state index contributed by atoms with van der Waals surface area (Å²) in [5.74, 6) is 0. The molecular weight excluding hydrogens is 232 g/mol. The predicted molar refractivity (Wildman–Crippen MR) is 70.8 cm³/mol. The molecule has 0 aromatic carbocycles. The van der Waals surface area contributed by atoms with Crippen LogP contribution >= 0.6 is 0 Å². The molecule has 0 spiro atoms. The van der Waals surface area contributed by atoms with E-state index in [2.05, 4.69) is 16.4 Å². The maximum atomic E-state index is 5.79. The molecule has 0 aliphatic carbocycles. The summed E-state index contributed by atoms with van der Waals surface area (Å²) < 4.78 is 14.1. The lowest BCUT2D eigenvalue weighted by Gasteiger charge is -2.43. The average Bonchev–Trinajstić information content (AvgIpc) is 2.83. The predicted octanol–water partition coefficient (Wildman–Crippen LogP) is 1.76. The zero-order valence-electron chi connectivity index (χ0n) is 11.4. The third-order valence-corrected chi connectivity index (χ3v) is 8.07. The summed E-state index contributed by atoms with van der Waals surface area (Å²) in [6, 6.07) is 1.11. The molecule has 2 saturated heterocycles. The Morgan fingerprint density at radius 1 is 0.941 bits per heavy atom. The smallest absolute Gasteiger partial charge is 0.386 e. The topological polar surface area (TPSA) is 24.9 Å². The largest absolute Gasteiger partial charge is 0.428 e. The Labute approximate surface area is 106 Å². The van der Waals surface area contributed by atoms with E-state index < -0.39 is 8.72 Å². The van der Waals surface area contributed by atoms with Gasteiger partial charge in [-0.3, -0.25) is 9.47 Å². The molecule has 0 amide bonds. The van der Waals surface area contributed by atoms with Crippen molar-refractivity contribution < 1.29 is 8.85 Å². The number of rotatable bonds is 4. The highest BCUT2D eigenvalue weighted by atomic mass is 28.4. The third kappa shape index (κ3) is 2.58. The van der Waals surface area contributed by atoms with Gasteiger partial charge in [-0.1, -0.05) is 6.42 Å². The standard InChI is InChI=1S/C12H26N2O2Si/c1-12(13-8-5-4-6-9-13)14-10-7-11-17(14,15-2)16-3/h12H,4-11H2,1-3H3. The molecule has 0 bridgehead atoms. The van der Waals surface area contributed by atoms with Crippen molar-refractivity contribution in [1.29, 1.82) is 0 Å². The SMILES string of the molecule is CO[Si]1(OC)CCCN1C(C)N1CCCCC1. The third-order valence-electron chi connectivity index (χ3n) is 4.34. The van der Waals surface area contributed by atoms with Crippen LogP contribution in [0.25, 0.3) is 0 Å². The van der Waals surface area contributed by atoms with Crippen LogP contribution < -0.4 is 0 Å². The summed E-state index contributed by atoms with van der Waals surface area (Å²) in [4.78, 5) is 2.59. The number of piperidine rings is 1. The fourth-order valence-electron chi connectivity index (χ4n) is 3.27. The number of nitrogens with zero attached hydrogens (tertiary/aromatic N) is 2. The zero-order valence-corrected chi connectivity index (χ0v) is 12.4. The van der Waals surface area contributed by atoms with Crippen LogP contribution in [0.5, 0.6) is 0 Å². The highest BCUT2D eigenvalue weighted by Crippen LogP contribution is 2.30. The van der Waals surface area contributed by atoms with Gasteiger partial charge in [0.25, 0.3) is 0 Å². The molecular formula is C12H26N2O2Si. The van der Waals surface area contributed by atoms with Crippen LogP contribution in [0.15, 0.2) is 0 Å². The van der Waals surface area contributed by atoms with Crippen LogP contribution in [0.2, 0.25) is 6.04 Å². The normalized spacial score (nSPS) is 28.4. The molecule has 2 aliphatic rings. The van der Waals surface area contributed by atoms with Crippen LogP contribution in [-0.2, 0) is 8.85 Å². The maximum Gasteiger partial charge on any atom is 0.428 e. The number of likely N-dealkylation sites (tertiary alicyclic amines) is 1. The van der Waals surface area contributed by atoms with Crippen molar-refractivity contribution in [3.8, 4) is 0 Å². The van der Waals surface area contributed by atoms with Crippen molar-refractivity contribution in [2.75, 3.05) is 33.9 Å². The van der Waals surface area contributed by atoms with E-state index in [0.29, 0.717) is 6.17 Å². The second-order valence-electron chi connectivity index (χ2n) is 5.15. The second-order valence-corrected chi connectivity index (χ2v) is 8.46. The minimum Gasteiger partial charge on any atom is -0.386 e. The van der Waals surface area contributed by atoms with Crippen molar-refractivity contribution in [3.63, 3.8) is 0 Å². The quantitative estimate of drug-likeness (QED) is 0.717. The van der Waals surface area contributed by atoms with Crippen LogP contribution in [-0.4, -0.2) is 58.2 Å². The lowest BCUT2D eigenvalue weighted by molar-refractivity contribution is 0.0568. The fraction of sp³-hybridized carbons (Fsp3) is 1.00. The van der Waals surface area contributed by atoms with Gasteiger partial charge in [-0.15, -0.1) is 0 Å². The van der Waals surface area contributed by atoms with Gasteiger partial charge in [-0.25, -0.2) is 0 Å². The molecule has 0 radical (unpaired) electrons. The molecule has 17 heavy (non-hydrogen) atoms. The van der Waals surface area contributed by atoms with Crippen molar-refractivity contribution >= 4 is 8.72 Å². The molecule has 2 heterocycles. The van der Waals surface area contributed by atoms with E-state index in [4.69, 9.17) is 8.85 Å². The maximum absolute atomic E-state index is 5.79. The number of hydrogen-bond donors (Lipinski definition) is 0. The summed E-state index contributed by atoms with van der Waals surface area (Å²) in [7, 11) is 1.57. The minimum absolute atomic E-state index is 0.476. The zero-order chi connectivity index (χ0) is 12.3. The highest BCUT2D eigenvalue weighted by molar-refractivity contribution is 6.65. The van der Waals surface area contributed by atoms with Gasteiger partial charge in [0.15, 0.2) is 0 Å². The monoisotopic (exact) mass is 258 g/mol. The summed E-state index contributed by atoms with van der Waals surface area (Å²) in [5, 5.41) is 0. The van der Waals surface area contributed by atoms with Gasteiger partial charge >= 0.3 is 8.72 Å². The van der Waals surface area contributed by atoms with Gasteiger partial charge in [-0.05, 0) is 45.8 Å². The fourth-order valence-corrected chi connectivity index (χ4v) is 6.44. The van der Waals surface area contributed by atoms with E-state index in [-0.39, 0.29) is 0 Å². The molecule has 100 valence electrons. The van der Waals surface area contributed by atoms with Crippen molar-refractivity contribution in [1.82, 2.24) is 9.47 Å². The first-order valence-electron chi connectivity index (χ1n) is 6.84. The van der Waals surface area contributed by atoms with Gasteiger partial charge in [0.1, 0.15) is 0 Å². The Morgan fingerprint density at radius 3 is 2.18 bits per heavy atom. The molecule has 1 unspecified atom stereocenters. The van der Waals surface area contributed by atoms with Crippen LogP contribution in [0, 0.1) is 0 Å². The van der Waals surface area contributed by atoms with Crippen molar-refractivity contribution in [3.05, 3.63) is 0 Å². The summed E-state index contributed by atoms with van der Waals surface area (Å²) in [6.07, 6.45) is 5.76. The Bertz CT molecular complexity index is 243. The highest BCUT2D eigenvalue weighted by Gasteiger charge is 2.50.